The van der Waals surface area contributed by atoms with Crippen LogP contribution in [0.15, 0.2) is 24.3 Å². The SMILES string of the molecule is CC(C)Oc1ccc(C(=O)C2CCOC2C)cc1. The fourth-order valence-corrected chi connectivity index (χ4v) is 2.26. The molecule has 3 nitrogen and oxygen atoms in total. The van der Waals surface area contributed by atoms with Crippen molar-refractivity contribution in [3.8, 4) is 5.75 Å². The molecule has 1 saturated heterocycles. The largest absolute Gasteiger partial charge is 0.491 e. The Labute approximate surface area is 108 Å². The Hall–Kier alpha value is -1.35. The van der Waals surface area contributed by atoms with Gasteiger partial charge in [0.1, 0.15) is 5.75 Å². The van der Waals surface area contributed by atoms with Crippen molar-refractivity contribution >= 4 is 5.78 Å². The summed E-state index contributed by atoms with van der Waals surface area (Å²) in [5.41, 5.74) is 0.744. The predicted octanol–water partition coefficient (Wildman–Crippen LogP) is 3.08. The molecule has 3 heteroatoms. The minimum Gasteiger partial charge on any atom is -0.491 e. The van der Waals surface area contributed by atoms with Crippen molar-refractivity contribution in [3.05, 3.63) is 29.8 Å². The number of ether oxygens (including phenoxy) is 2. The van der Waals surface area contributed by atoms with Gasteiger partial charge in [0.2, 0.25) is 0 Å². The van der Waals surface area contributed by atoms with E-state index < -0.39 is 0 Å². The normalized spacial score (nSPS) is 23.3. The fraction of sp³-hybridized carbons (Fsp3) is 0.533. The van der Waals surface area contributed by atoms with Crippen molar-refractivity contribution in [1.82, 2.24) is 0 Å². The molecule has 0 aliphatic carbocycles. The molecule has 1 aromatic carbocycles. The Morgan fingerprint density at radius 2 is 2.00 bits per heavy atom. The second-order valence-electron chi connectivity index (χ2n) is 5.03. The molecule has 0 aromatic heterocycles. The molecule has 0 amide bonds. The average molecular weight is 248 g/mol. The molecule has 0 spiro atoms. The van der Waals surface area contributed by atoms with Gasteiger partial charge in [-0.3, -0.25) is 4.79 Å². The monoisotopic (exact) mass is 248 g/mol. The summed E-state index contributed by atoms with van der Waals surface area (Å²) in [6.45, 7) is 6.62. The lowest BCUT2D eigenvalue weighted by Crippen LogP contribution is -2.21. The minimum atomic E-state index is 0.00173. The van der Waals surface area contributed by atoms with Crippen LogP contribution in [0.25, 0.3) is 0 Å². The molecule has 98 valence electrons. The van der Waals surface area contributed by atoms with Crippen molar-refractivity contribution in [2.45, 2.75) is 39.4 Å². The van der Waals surface area contributed by atoms with E-state index in [1.807, 2.05) is 45.0 Å². The van der Waals surface area contributed by atoms with Gasteiger partial charge in [0.05, 0.1) is 18.1 Å². The van der Waals surface area contributed by atoms with Crippen LogP contribution >= 0.6 is 0 Å². The van der Waals surface area contributed by atoms with Crippen LogP contribution in [0.4, 0.5) is 0 Å². The van der Waals surface area contributed by atoms with Gasteiger partial charge >= 0.3 is 0 Å². The van der Waals surface area contributed by atoms with Gasteiger partial charge in [-0.2, -0.15) is 0 Å². The van der Waals surface area contributed by atoms with Gasteiger partial charge in [-0.25, -0.2) is 0 Å². The molecule has 2 rings (SSSR count). The second kappa shape index (κ2) is 5.53. The topological polar surface area (TPSA) is 35.5 Å². The summed E-state index contributed by atoms with van der Waals surface area (Å²) in [5, 5.41) is 0. The van der Waals surface area contributed by atoms with E-state index in [1.165, 1.54) is 0 Å². The lowest BCUT2D eigenvalue weighted by atomic mass is 9.92. The zero-order valence-corrected chi connectivity index (χ0v) is 11.2. The van der Waals surface area contributed by atoms with E-state index in [1.54, 1.807) is 0 Å². The van der Waals surface area contributed by atoms with E-state index in [0.717, 1.165) is 17.7 Å². The summed E-state index contributed by atoms with van der Waals surface area (Å²) in [6.07, 6.45) is 1.00. The van der Waals surface area contributed by atoms with Crippen molar-refractivity contribution in [1.29, 1.82) is 0 Å². The van der Waals surface area contributed by atoms with Gasteiger partial charge in [-0.15, -0.1) is 0 Å². The lowest BCUT2D eigenvalue weighted by Gasteiger charge is -2.14. The van der Waals surface area contributed by atoms with Crippen LogP contribution < -0.4 is 4.74 Å². The predicted molar refractivity (Wildman–Crippen MR) is 70.1 cm³/mol. The highest BCUT2D eigenvalue weighted by Gasteiger charge is 2.31. The summed E-state index contributed by atoms with van der Waals surface area (Å²) >= 11 is 0. The molecule has 1 aromatic rings. The minimum absolute atomic E-state index is 0.00173. The molecule has 1 aliphatic heterocycles. The Kier molecular flexibility index (Phi) is 4.02. The maximum absolute atomic E-state index is 12.3. The molecule has 1 aliphatic rings. The summed E-state index contributed by atoms with van der Waals surface area (Å²) in [6, 6.07) is 7.39. The molecular weight excluding hydrogens is 228 g/mol. The Balaban J connectivity index is 2.07. The molecule has 2 unspecified atom stereocenters. The number of ketones is 1. The van der Waals surface area contributed by atoms with Gasteiger partial charge < -0.3 is 9.47 Å². The van der Waals surface area contributed by atoms with Crippen LogP contribution in [0, 0.1) is 5.92 Å². The number of carbonyl (C=O) groups is 1. The Morgan fingerprint density at radius 3 is 2.50 bits per heavy atom. The van der Waals surface area contributed by atoms with Crippen molar-refractivity contribution in [2.75, 3.05) is 6.61 Å². The third kappa shape index (κ3) is 2.91. The average Bonchev–Trinajstić information content (AvgIpc) is 2.75. The second-order valence-corrected chi connectivity index (χ2v) is 5.03. The van der Waals surface area contributed by atoms with Crippen molar-refractivity contribution in [2.24, 2.45) is 5.92 Å². The van der Waals surface area contributed by atoms with Crippen LogP contribution in [0.3, 0.4) is 0 Å². The highest BCUT2D eigenvalue weighted by atomic mass is 16.5. The maximum Gasteiger partial charge on any atom is 0.168 e. The first-order chi connectivity index (χ1) is 8.58. The zero-order valence-electron chi connectivity index (χ0n) is 11.2. The first kappa shape index (κ1) is 13.1. The van der Waals surface area contributed by atoms with Crippen LogP contribution in [0.2, 0.25) is 0 Å². The van der Waals surface area contributed by atoms with E-state index in [0.29, 0.717) is 6.61 Å². The quantitative estimate of drug-likeness (QED) is 0.768. The fourth-order valence-electron chi connectivity index (χ4n) is 2.26. The van der Waals surface area contributed by atoms with Crippen LogP contribution in [-0.4, -0.2) is 24.6 Å². The van der Waals surface area contributed by atoms with Gasteiger partial charge in [0, 0.05) is 12.2 Å². The van der Waals surface area contributed by atoms with E-state index in [4.69, 9.17) is 9.47 Å². The van der Waals surface area contributed by atoms with E-state index in [9.17, 15) is 4.79 Å². The molecule has 0 bridgehead atoms. The summed E-state index contributed by atoms with van der Waals surface area (Å²) in [7, 11) is 0. The number of carbonyl (C=O) groups excluding carboxylic acids is 1. The summed E-state index contributed by atoms with van der Waals surface area (Å²) < 4.78 is 11.0. The number of Topliss-reactive ketones (excluding diaryl/α,β-unsaturated/α-hetero) is 1. The van der Waals surface area contributed by atoms with Crippen LogP contribution in [0.5, 0.6) is 5.75 Å². The summed E-state index contributed by atoms with van der Waals surface area (Å²) in [4.78, 5) is 12.3. The standard InChI is InChI=1S/C15H20O3/c1-10(2)18-13-6-4-12(5-7-13)15(16)14-8-9-17-11(14)3/h4-7,10-11,14H,8-9H2,1-3H3. The van der Waals surface area contributed by atoms with Crippen LogP contribution in [0.1, 0.15) is 37.6 Å². The number of rotatable bonds is 4. The van der Waals surface area contributed by atoms with Crippen molar-refractivity contribution < 1.29 is 14.3 Å². The van der Waals surface area contributed by atoms with Gasteiger partial charge in [-0.05, 0) is 51.5 Å². The first-order valence-corrected chi connectivity index (χ1v) is 6.50. The number of benzene rings is 1. The molecule has 1 heterocycles. The van der Waals surface area contributed by atoms with E-state index in [2.05, 4.69) is 0 Å². The zero-order chi connectivity index (χ0) is 13.1. The molecular formula is C15H20O3. The maximum atomic E-state index is 12.3. The first-order valence-electron chi connectivity index (χ1n) is 6.50. The molecule has 2 atom stereocenters. The molecule has 0 saturated carbocycles. The van der Waals surface area contributed by atoms with Gasteiger partial charge in [-0.1, -0.05) is 0 Å². The lowest BCUT2D eigenvalue weighted by molar-refractivity contribution is 0.0764. The van der Waals surface area contributed by atoms with Gasteiger partial charge in [0.25, 0.3) is 0 Å². The van der Waals surface area contributed by atoms with Gasteiger partial charge in [0.15, 0.2) is 5.78 Å². The highest BCUT2D eigenvalue weighted by molar-refractivity contribution is 5.98. The number of hydrogen-bond acceptors (Lipinski definition) is 3. The number of hydrogen-bond donors (Lipinski definition) is 0. The Bertz CT molecular complexity index is 408. The highest BCUT2D eigenvalue weighted by Crippen LogP contribution is 2.25. The molecule has 0 radical (unpaired) electrons. The third-order valence-electron chi connectivity index (χ3n) is 3.22. The Morgan fingerprint density at radius 1 is 1.33 bits per heavy atom. The smallest absolute Gasteiger partial charge is 0.168 e. The van der Waals surface area contributed by atoms with Crippen molar-refractivity contribution in [3.63, 3.8) is 0 Å². The summed E-state index contributed by atoms with van der Waals surface area (Å²) in [5.74, 6) is 0.982. The van der Waals surface area contributed by atoms with Crippen LogP contribution in [-0.2, 0) is 4.74 Å². The molecule has 0 N–H and O–H groups in total. The van der Waals surface area contributed by atoms with E-state index in [-0.39, 0.29) is 23.9 Å². The molecule has 18 heavy (non-hydrogen) atoms. The van der Waals surface area contributed by atoms with E-state index >= 15 is 0 Å². The molecule has 1 fully saturated rings. The third-order valence-corrected chi connectivity index (χ3v) is 3.22.